The predicted octanol–water partition coefficient (Wildman–Crippen LogP) is 4.74. The van der Waals surface area contributed by atoms with Gasteiger partial charge in [0.2, 0.25) is 0 Å². The van der Waals surface area contributed by atoms with Crippen LogP contribution in [0.3, 0.4) is 0 Å². The lowest BCUT2D eigenvalue weighted by atomic mass is 10.1. The largest absolute Gasteiger partial charge is 0.362 e. The average Bonchev–Trinajstić information content (AvgIpc) is 3.24. The van der Waals surface area contributed by atoms with Gasteiger partial charge in [-0.1, -0.05) is 52.4 Å². The molecule has 0 saturated heterocycles. The number of nitrogens with zero attached hydrogens (tertiary/aromatic N) is 4. The van der Waals surface area contributed by atoms with Gasteiger partial charge in [0.25, 0.3) is 5.09 Å². The smallest absolute Gasteiger partial charge is 0.291 e. The molecule has 8 nitrogen and oxygen atoms in total. The first kappa shape index (κ1) is 25.8. The molecule has 0 spiro atoms. The van der Waals surface area contributed by atoms with E-state index in [2.05, 4.69) is 53.1 Å². The van der Waals surface area contributed by atoms with Crippen molar-refractivity contribution in [2.24, 2.45) is 0 Å². The molecule has 1 aliphatic rings. The van der Waals surface area contributed by atoms with Crippen molar-refractivity contribution < 1.29 is 10.3 Å². The van der Waals surface area contributed by atoms with Gasteiger partial charge < -0.3 is 20.0 Å². The minimum absolute atomic E-state index is 1.03. The Morgan fingerprint density at radius 1 is 1.14 bits per heavy atom. The van der Waals surface area contributed by atoms with Crippen LogP contribution in [-0.4, -0.2) is 50.3 Å². The number of nitrogens with one attached hydrogen (secondary N) is 1. The van der Waals surface area contributed by atoms with Crippen LogP contribution in [0.25, 0.3) is 0 Å². The fraction of sp³-hybridized carbons (Fsp3) is 0.750. The molecule has 0 radical (unpaired) electrons. The van der Waals surface area contributed by atoms with Gasteiger partial charge in [0.1, 0.15) is 5.82 Å². The second kappa shape index (κ2) is 16.9. The lowest BCUT2D eigenvalue weighted by molar-refractivity contribution is -0.742. The van der Waals surface area contributed by atoms with Crippen molar-refractivity contribution in [3.63, 3.8) is 0 Å². The topological polar surface area (TPSA) is 98.5 Å². The predicted molar refractivity (Wildman–Crippen MR) is 113 cm³/mol. The third kappa shape index (κ3) is 16.0. The van der Waals surface area contributed by atoms with E-state index in [9.17, 15) is 0 Å². The van der Waals surface area contributed by atoms with Gasteiger partial charge in [0.15, 0.2) is 0 Å². The molecular weight excluding hydrogens is 358 g/mol. The van der Waals surface area contributed by atoms with E-state index in [1.165, 1.54) is 63.6 Å². The summed E-state index contributed by atoms with van der Waals surface area (Å²) in [5.41, 5.74) is 1.28. The standard InChI is InChI=1S/C10H20N2.C10H18N2.HNO3/c1-3-4-5-6-7-12-9-8-11(2)10-12;1-3-4-5-6-7-10-8-11-9(2)12-10;2-1(3)4/h8-9H,3-7,10H2,1-2H3;8H,3-7H2,1-2H3,(H,11,12);(H,2,3,4). The summed E-state index contributed by atoms with van der Waals surface area (Å²) in [6.45, 7) is 8.78. The Labute approximate surface area is 169 Å². The van der Waals surface area contributed by atoms with E-state index in [1.807, 2.05) is 13.1 Å². The number of H-pyrrole nitrogens is 1. The summed E-state index contributed by atoms with van der Waals surface area (Å²) in [6.07, 6.45) is 18.1. The number of unbranched alkanes of at least 4 members (excludes halogenated alkanes) is 6. The number of hydrogen-bond donors (Lipinski definition) is 2. The van der Waals surface area contributed by atoms with Crippen LogP contribution in [0.5, 0.6) is 0 Å². The SMILES string of the molecule is CCCCCCN1C=CN(C)C1.CCCCCCc1cnc(C)[nH]1.O=[N+]([O-])O. The van der Waals surface area contributed by atoms with Crippen LogP contribution in [0, 0.1) is 17.0 Å². The van der Waals surface area contributed by atoms with Crippen molar-refractivity contribution >= 4 is 0 Å². The van der Waals surface area contributed by atoms with Gasteiger partial charge in [0.05, 0.1) is 6.67 Å². The molecule has 2 heterocycles. The fourth-order valence-corrected chi connectivity index (χ4v) is 2.82. The number of rotatable bonds is 10. The van der Waals surface area contributed by atoms with Crippen LogP contribution in [0.1, 0.15) is 76.7 Å². The summed E-state index contributed by atoms with van der Waals surface area (Å²) in [7, 11) is 2.11. The van der Waals surface area contributed by atoms with Gasteiger partial charge >= 0.3 is 0 Å². The van der Waals surface area contributed by atoms with Gasteiger partial charge in [0, 0.05) is 37.9 Å². The summed E-state index contributed by atoms with van der Waals surface area (Å²) in [6, 6.07) is 0. The fourth-order valence-electron chi connectivity index (χ4n) is 2.82. The Hall–Kier alpha value is -2.25. The van der Waals surface area contributed by atoms with E-state index < -0.39 is 5.09 Å². The minimum atomic E-state index is -1.50. The van der Waals surface area contributed by atoms with Gasteiger partial charge in [-0.25, -0.2) is 4.98 Å². The molecule has 0 unspecified atom stereocenters. The van der Waals surface area contributed by atoms with E-state index in [4.69, 9.17) is 15.3 Å². The number of imidazole rings is 1. The Balaban J connectivity index is 0.000000439. The minimum Gasteiger partial charge on any atom is -0.362 e. The molecule has 0 saturated carbocycles. The van der Waals surface area contributed by atoms with Crippen LogP contribution in [0.2, 0.25) is 0 Å². The molecule has 0 atom stereocenters. The van der Waals surface area contributed by atoms with E-state index in [1.54, 1.807) is 0 Å². The highest BCUT2D eigenvalue weighted by Crippen LogP contribution is 2.07. The number of aromatic amines is 1. The van der Waals surface area contributed by atoms with Gasteiger partial charge in [-0.3, -0.25) is 0 Å². The molecule has 162 valence electrons. The van der Waals surface area contributed by atoms with Crippen molar-refractivity contribution in [2.45, 2.75) is 78.6 Å². The van der Waals surface area contributed by atoms with E-state index >= 15 is 0 Å². The Kier molecular flexibility index (Phi) is 15.5. The quantitative estimate of drug-likeness (QED) is 0.336. The maximum absolute atomic E-state index is 8.36. The second-order valence-corrected chi connectivity index (χ2v) is 7.11. The molecule has 28 heavy (non-hydrogen) atoms. The Morgan fingerprint density at radius 2 is 1.75 bits per heavy atom. The van der Waals surface area contributed by atoms with Gasteiger partial charge in [-0.05, 0) is 26.2 Å². The molecule has 0 fully saturated rings. The molecule has 1 aliphatic heterocycles. The summed E-state index contributed by atoms with van der Waals surface area (Å²) in [5, 5.41) is 13.6. The molecule has 2 rings (SSSR count). The second-order valence-electron chi connectivity index (χ2n) is 7.11. The first-order valence-electron chi connectivity index (χ1n) is 10.3. The number of hydrogen-bond acceptors (Lipinski definition) is 5. The van der Waals surface area contributed by atoms with E-state index in [0.717, 1.165) is 18.9 Å². The van der Waals surface area contributed by atoms with Crippen molar-refractivity contribution in [1.82, 2.24) is 19.8 Å². The number of aromatic nitrogens is 2. The Bertz CT molecular complexity index is 530. The first-order valence-corrected chi connectivity index (χ1v) is 10.3. The molecule has 0 aromatic carbocycles. The zero-order chi connectivity index (χ0) is 21.2. The number of aryl methyl sites for hydroxylation is 2. The van der Waals surface area contributed by atoms with Crippen molar-refractivity contribution in [3.05, 3.63) is 40.2 Å². The summed E-state index contributed by atoms with van der Waals surface area (Å²) in [4.78, 5) is 20.3. The average molecular weight is 398 g/mol. The van der Waals surface area contributed by atoms with Crippen LogP contribution < -0.4 is 0 Å². The lowest BCUT2D eigenvalue weighted by Crippen LogP contribution is -2.23. The normalized spacial score (nSPS) is 12.3. The van der Waals surface area contributed by atoms with Crippen molar-refractivity contribution in [1.29, 1.82) is 0 Å². The van der Waals surface area contributed by atoms with Crippen LogP contribution in [-0.2, 0) is 6.42 Å². The van der Waals surface area contributed by atoms with Crippen molar-refractivity contribution in [3.8, 4) is 0 Å². The molecule has 8 heteroatoms. The zero-order valence-electron chi connectivity index (χ0n) is 18.1. The molecule has 1 aromatic rings. The lowest BCUT2D eigenvalue weighted by Gasteiger charge is -2.17. The third-order valence-electron chi connectivity index (χ3n) is 4.29. The zero-order valence-corrected chi connectivity index (χ0v) is 18.1. The third-order valence-corrected chi connectivity index (χ3v) is 4.29. The highest BCUT2D eigenvalue weighted by atomic mass is 16.9. The van der Waals surface area contributed by atoms with E-state index in [-0.39, 0.29) is 0 Å². The summed E-state index contributed by atoms with van der Waals surface area (Å²) < 4.78 is 0. The molecule has 0 aliphatic carbocycles. The van der Waals surface area contributed by atoms with Crippen LogP contribution in [0.4, 0.5) is 0 Å². The van der Waals surface area contributed by atoms with Crippen molar-refractivity contribution in [2.75, 3.05) is 20.3 Å². The Morgan fingerprint density at radius 3 is 2.21 bits per heavy atom. The van der Waals surface area contributed by atoms with E-state index in [0.29, 0.717) is 0 Å². The molecule has 0 amide bonds. The summed E-state index contributed by atoms with van der Waals surface area (Å²) in [5.74, 6) is 1.03. The molecule has 2 N–H and O–H groups in total. The van der Waals surface area contributed by atoms with Crippen LogP contribution in [0.15, 0.2) is 18.6 Å². The maximum Gasteiger partial charge on any atom is 0.291 e. The van der Waals surface area contributed by atoms with Gasteiger partial charge in [-0.2, -0.15) is 0 Å². The highest BCUT2D eigenvalue weighted by Gasteiger charge is 2.06. The molecule has 0 bridgehead atoms. The maximum atomic E-state index is 8.36. The first-order chi connectivity index (χ1) is 13.4. The molecular formula is C20H39N5O3. The monoisotopic (exact) mass is 397 g/mol. The van der Waals surface area contributed by atoms with Crippen LogP contribution >= 0.6 is 0 Å². The summed E-state index contributed by atoms with van der Waals surface area (Å²) >= 11 is 0. The molecule has 1 aromatic heterocycles. The van der Waals surface area contributed by atoms with Gasteiger partial charge in [-0.15, -0.1) is 10.1 Å². The highest BCUT2D eigenvalue weighted by molar-refractivity contribution is 4.99.